The van der Waals surface area contributed by atoms with Crippen LogP contribution in [0, 0.1) is 10.1 Å². The van der Waals surface area contributed by atoms with Gasteiger partial charge in [-0.05, 0) is 32.1 Å². The molecule has 23 heavy (non-hydrogen) atoms. The molecule has 0 aliphatic heterocycles. The summed E-state index contributed by atoms with van der Waals surface area (Å²) >= 11 is 0. The van der Waals surface area contributed by atoms with E-state index in [2.05, 4.69) is 23.9 Å². The van der Waals surface area contributed by atoms with Crippen LogP contribution in [0.2, 0.25) is 0 Å². The van der Waals surface area contributed by atoms with E-state index in [0.29, 0.717) is 6.42 Å². The van der Waals surface area contributed by atoms with Crippen molar-refractivity contribution < 1.29 is 14.7 Å². The highest BCUT2D eigenvalue weighted by atomic mass is 17.0. The minimum absolute atomic E-state index is 0.138. The van der Waals surface area contributed by atoms with Gasteiger partial charge in [0.05, 0.1) is 0 Å². The molecule has 0 saturated heterocycles. The van der Waals surface area contributed by atoms with Crippen LogP contribution in [-0.2, 0) is 9.63 Å². The van der Waals surface area contributed by atoms with Gasteiger partial charge in [0.25, 0.3) is 0 Å². The Bertz CT molecular complexity index is 329. The molecule has 0 aromatic rings. The summed E-state index contributed by atoms with van der Waals surface area (Å²) in [6.07, 6.45) is 20.1. The second kappa shape index (κ2) is 17.0. The maximum atomic E-state index is 10.9. The minimum Gasteiger partial charge on any atom is -0.268 e. The van der Waals surface area contributed by atoms with E-state index in [4.69, 9.17) is 0 Å². The van der Waals surface area contributed by atoms with Crippen molar-refractivity contribution in [1.82, 2.24) is 0 Å². The fourth-order valence-corrected chi connectivity index (χ4v) is 2.47. The van der Waals surface area contributed by atoms with Crippen molar-refractivity contribution in [1.29, 1.82) is 0 Å². The third-order valence-corrected chi connectivity index (χ3v) is 3.82. The monoisotopic (exact) mass is 327 g/mol. The molecule has 0 atom stereocenters. The Labute approximate surface area is 140 Å². The van der Waals surface area contributed by atoms with Crippen molar-refractivity contribution in [3.05, 3.63) is 22.3 Å². The Hall–Kier alpha value is -1.39. The predicted molar refractivity (Wildman–Crippen MR) is 92.5 cm³/mol. The van der Waals surface area contributed by atoms with Gasteiger partial charge in [-0.15, -0.1) is 10.1 Å². The number of hydrogen-bond acceptors (Lipinski definition) is 4. The van der Waals surface area contributed by atoms with E-state index in [1.54, 1.807) is 0 Å². The molecule has 0 N–H and O–H groups in total. The van der Waals surface area contributed by atoms with E-state index >= 15 is 0 Å². The average molecular weight is 327 g/mol. The average Bonchev–Trinajstić information content (AvgIpc) is 2.50. The summed E-state index contributed by atoms with van der Waals surface area (Å²) in [5, 5.41) is 8.88. The quantitative estimate of drug-likeness (QED) is 0.156. The van der Waals surface area contributed by atoms with Crippen LogP contribution in [0.3, 0.4) is 0 Å². The SMILES string of the molecule is CCCCCCCC/C=C\CCCCCCCC(=O)O[N+](=O)[O-]. The van der Waals surface area contributed by atoms with Gasteiger partial charge in [-0.25, -0.2) is 4.84 Å². The van der Waals surface area contributed by atoms with Crippen LogP contribution in [-0.4, -0.2) is 11.1 Å². The number of carbonyl (C=O) groups excluding carboxylic acids is 1. The molecular weight excluding hydrogens is 294 g/mol. The van der Waals surface area contributed by atoms with Gasteiger partial charge >= 0.3 is 11.1 Å². The van der Waals surface area contributed by atoms with Crippen molar-refractivity contribution in [2.75, 3.05) is 0 Å². The summed E-state index contributed by atoms with van der Waals surface area (Å²) in [5.74, 6) is -0.743. The number of hydrogen-bond donors (Lipinski definition) is 0. The number of allylic oxidation sites excluding steroid dienone is 2. The first-order chi connectivity index (χ1) is 11.2. The van der Waals surface area contributed by atoms with Gasteiger partial charge in [0.2, 0.25) is 0 Å². The van der Waals surface area contributed by atoms with Crippen LogP contribution < -0.4 is 0 Å². The molecule has 0 fully saturated rings. The zero-order valence-corrected chi connectivity index (χ0v) is 14.6. The Kier molecular flexibility index (Phi) is 15.9. The smallest absolute Gasteiger partial charge is 0.268 e. The summed E-state index contributed by atoms with van der Waals surface area (Å²) in [5.41, 5.74) is 0. The largest absolute Gasteiger partial charge is 0.303 e. The van der Waals surface area contributed by atoms with Crippen molar-refractivity contribution >= 4 is 5.97 Å². The number of carbonyl (C=O) groups is 1. The lowest BCUT2D eigenvalue weighted by Gasteiger charge is -2.00. The highest BCUT2D eigenvalue weighted by Gasteiger charge is 2.06. The molecular formula is C18H33NO4. The van der Waals surface area contributed by atoms with E-state index in [1.807, 2.05) is 0 Å². The van der Waals surface area contributed by atoms with Crippen molar-refractivity contribution in [2.24, 2.45) is 0 Å². The van der Waals surface area contributed by atoms with Crippen molar-refractivity contribution in [3.63, 3.8) is 0 Å². The van der Waals surface area contributed by atoms with Gasteiger partial charge in [0, 0.05) is 6.42 Å². The lowest BCUT2D eigenvalue weighted by Crippen LogP contribution is -2.09. The van der Waals surface area contributed by atoms with Crippen molar-refractivity contribution in [3.8, 4) is 0 Å². The summed E-state index contributed by atoms with van der Waals surface area (Å²) in [7, 11) is 0. The van der Waals surface area contributed by atoms with Gasteiger partial charge in [-0.2, -0.15) is 0 Å². The van der Waals surface area contributed by atoms with E-state index in [0.717, 1.165) is 25.7 Å². The number of nitrogens with zero attached hydrogens (tertiary/aromatic N) is 1. The maximum absolute atomic E-state index is 10.9. The fourth-order valence-electron chi connectivity index (χ4n) is 2.47. The van der Waals surface area contributed by atoms with Crippen LogP contribution in [0.5, 0.6) is 0 Å². The molecule has 0 aliphatic rings. The van der Waals surface area contributed by atoms with Gasteiger partial charge in [-0.1, -0.05) is 70.4 Å². The standard InChI is InChI=1S/C18H33NO4/c1-2-3-4-5-6-7-8-9-10-11-12-13-14-15-16-17-18(20)23-19(21)22/h9-10H,2-8,11-17H2,1H3/b10-9-. The number of rotatable bonds is 16. The van der Waals surface area contributed by atoms with E-state index < -0.39 is 11.1 Å². The topological polar surface area (TPSA) is 69.4 Å². The zero-order chi connectivity index (χ0) is 17.2. The maximum Gasteiger partial charge on any atom is 0.303 e. The van der Waals surface area contributed by atoms with E-state index in [1.165, 1.54) is 51.4 Å². The molecule has 0 amide bonds. The first kappa shape index (κ1) is 21.6. The van der Waals surface area contributed by atoms with Gasteiger partial charge in [0.1, 0.15) is 0 Å². The third-order valence-electron chi connectivity index (χ3n) is 3.82. The van der Waals surface area contributed by atoms with Crippen LogP contribution >= 0.6 is 0 Å². The predicted octanol–water partition coefficient (Wildman–Crippen LogP) is 5.76. The Morgan fingerprint density at radius 2 is 1.35 bits per heavy atom. The second-order valence-electron chi connectivity index (χ2n) is 6.02. The zero-order valence-electron chi connectivity index (χ0n) is 14.6. The first-order valence-electron chi connectivity index (χ1n) is 9.17. The van der Waals surface area contributed by atoms with Crippen LogP contribution in [0.15, 0.2) is 12.2 Å². The van der Waals surface area contributed by atoms with Crippen molar-refractivity contribution in [2.45, 2.75) is 96.8 Å². The second-order valence-corrected chi connectivity index (χ2v) is 6.02. The lowest BCUT2D eigenvalue weighted by atomic mass is 10.1. The van der Waals surface area contributed by atoms with Gasteiger partial charge in [-0.3, -0.25) is 4.79 Å². The Morgan fingerprint density at radius 3 is 1.87 bits per heavy atom. The lowest BCUT2D eigenvalue weighted by molar-refractivity contribution is -0.729. The molecule has 0 rings (SSSR count). The molecule has 0 radical (unpaired) electrons. The molecule has 0 bridgehead atoms. The summed E-state index contributed by atoms with van der Waals surface area (Å²) in [6.45, 7) is 2.24. The molecule has 0 aromatic heterocycles. The highest BCUT2D eigenvalue weighted by molar-refractivity contribution is 5.68. The third kappa shape index (κ3) is 18.6. The van der Waals surface area contributed by atoms with E-state index in [-0.39, 0.29) is 6.42 Å². The molecule has 0 unspecified atom stereocenters. The number of unbranched alkanes of at least 4 members (excludes halogenated alkanes) is 11. The first-order valence-corrected chi connectivity index (χ1v) is 9.17. The summed E-state index contributed by atoms with van der Waals surface area (Å²) in [4.78, 5) is 24.7. The highest BCUT2D eigenvalue weighted by Crippen LogP contribution is 2.10. The molecule has 0 aliphatic carbocycles. The van der Waals surface area contributed by atoms with Crippen LogP contribution in [0.4, 0.5) is 0 Å². The van der Waals surface area contributed by atoms with Gasteiger partial charge in [0.15, 0.2) is 0 Å². The Morgan fingerprint density at radius 1 is 0.870 bits per heavy atom. The Balaban J connectivity index is 3.19. The van der Waals surface area contributed by atoms with Crippen LogP contribution in [0.1, 0.15) is 96.8 Å². The molecule has 5 heteroatoms. The van der Waals surface area contributed by atoms with Crippen LogP contribution in [0.25, 0.3) is 0 Å². The molecule has 5 nitrogen and oxygen atoms in total. The van der Waals surface area contributed by atoms with Gasteiger partial charge < -0.3 is 0 Å². The molecule has 134 valence electrons. The normalized spacial score (nSPS) is 11.0. The summed E-state index contributed by atoms with van der Waals surface area (Å²) < 4.78 is 0. The minimum atomic E-state index is -1.04. The summed E-state index contributed by atoms with van der Waals surface area (Å²) in [6, 6.07) is 0. The molecule has 0 aromatic carbocycles. The van der Waals surface area contributed by atoms with E-state index in [9.17, 15) is 14.9 Å². The molecule has 0 saturated carbocycles. The molecule has 0 spiro atoms. The fraction of sp³-hybridized carbons (Fsp3) is 0.833. The molecule has 0 heterocycles.